The number of likely N-dealkylation sites (tertiary alicyclic amines) is 1. The van der Waals surface area contributed by atoms with Gasteiger partial charge in [0.1, 0.15) is 12.1 Å². The molecule has 1 N–H and O–H groups in total. The maximum atomic E-state index is 13.6. The molecule has 0 spiro atoms. The van der Waals surface area contributed by atoms with Gasteiger partial charge in [-0.15, -0.1) is 10.2 Å². The SMILES string of the molecule is CC(C)(C)OC(=O)N(CCN1CCCCC1)c1ccc(-n2ccc3cc(N(CC(=O)O)S(=O)(=O)c4cc(Cl)cc(Cl)c4)ccc32)nn1. The Hall–Kier alpha value is -3.91. The van der Waals surface area contributed by atoms with Crippen molar-refractivity contribution in [1.29, 1.82) is 0 Å². The first-order valence-corrected chi connectivity index (χ1v) is 17.3. The molecule has 0 radical (unpaired) electrons. The third-order valence-corrected chi connectivity index (χ3v) is 9.71. The van der Waals surface area contributed by atoms with Crippen LogP contribution >= 0.6 is 23.2 Å². The number of halogens is 2. The lowest BCUT2D eigenvalue weighted by Crippen LogP contribution is -2.43. The van der Waals surface area contributed by atoms with Gasteiger partial charge < -0.3 is 14.7 Å². The van der Waals surface area contributed by atoms with Crippen molar-refractivity contribution in [3.8, 4) is 5.82 Å². The molecule has 2 aromatic heterocycles. The second-order valence-electron chi connectivity index (χ2n) is 12.2. The fraction of sp³-hybridized carbons (Fsp3) is 0.375. The molecule has 2 aromatic carbocycles. The molecule has 12 nitrogen and oxygen atoms in total. The van der Waals surface area contributed by atoms with Gasteiger partial charge in [0, 0.05) is 34.7 Å². The van der Waals surface area contributed by atoms with E-state index >= 15 is 0 Å². The fourth-order valence-electron chi connectivity index (χ4n) is 5.36. The maximum Gasteiger partial charge on any atom is 0.416 e. The summed E-state index contributed by atoms with van der Waals surface area (Å²) in [5.41, 5.74) is 0.123. The smallest absolute Gasteiger partial charge is 0.416 e. The van der Waals surface area contributed by atoms with E-state index in [1.54, 1.807) is 41.1 Å². The summed E-state index contributed by atoms with van der Waals surface area (Å²) >= 11 is 12.1. The van der Waals surface area contributed by atoms with Crippen LogP contribution in [0.4, 0.5) is 16.3 Å². The number of carboxylic acid groups (broad SMARTS) is 1. The van der Waals surface area contributed by atoms with Crippen LogP contribution in [-0.2, 0) is 19.6 Å². The molecule has 0 unspecified atom stereocenters. The van der Waals surface area contributed by atoms with Crippen LogP contribution in [0.15, 0.2) is 65.7 Å². The van der Waals surface area contributed by atoms with Crippen molar-refractivity contribution in [2.45, 2.75) is 50.5 Å². The summed E-state index contributed by atoms with van der Waals surface area (Å²) in [5, 5.41) is 19.2. The second kappa shape index (κ2) is 14.1. The molecule has 1 fully saturated rings. The highest BCUT2D eigenvalue weighted by molar-refractivity contribution is 7.92. The van der Waals surface area contributed by atoms with Gasteiger partial charge in [-0.2, -0.15) is 0 Å². The van der Waals surface area contributed by atoms with E-state index in [1.165, 1.54) is 35.6 Å². The molecule has 1 saturated heterocycles. The van der Waals surface area contributed by atoms with Gasteiger partial charge in [-0.05, 0) is 101 Å². The van der Waals surface area contributed by atoms with Crippen molar-refractivity contribution in [3.63, 3.8) is 0 Å². The van der Waals surface area contributed by atoms with E-state index in [9.17, 15) is 23.1 Å². The van der Waals surface area contributed by atoms with Gasteiger partial charge in [0.25, 0.3) is 10.0 Å². The third-order valence-electron chi connectivity index (χ3n) is 7.53. The Morgan fingerprint density at radius 2 is 1.66 bits per heavy atom. The van der Waals surface area contributed by atoms with Gasteiger partial charge in [0.05, 0.1) is 16.1 Å². The van der Waals surface area contributed by atoms with Crippen LogP contribution in [0.25, 0.3) is 16.7 Å². The number of sulfonamides is 1. The predicted octanol–water partition coefficient (Wildman–Crippen LogP) is 6.23. The van der Waals surface area contributed by atoms with Crippen LogP contribution in [-0.4, -0.2) is 83.6 Å². The predicted molar refractivity (Wildman–Crippen MR) is 181 cm³/mol. The Labute approximate surface area is 283 Å². The molecule has 1 aliphatic rings. The second-order valence-corrected chi connectivity index (χ2v) is 15.0. The number of anilines is 2. The lowest BCUT2D eigenvalue weighted by molar-refractivity contribution is -0.135. The number of hydrogen-bond acceptors (Lipinski definition) is 8. The number of fused-ring (bicyclic) bond motifs is 1. The largest absolute Gasteiger partial charge is 0.480 e. The summed E-state index contributed by atoms with van der Waals surface area (Å²) in [7, 11) is -4.34. The first-order valence-electron chi connectivity index (χ1n) is 15.1. The number of aliphatic carboxylic acids is 1. The number of benzene rings is 2. The average Bonchev–Trinajstić information content (AvgIpc) is 3.43. The Balaban J connectivity index is 1.42. The monoisotopic (exact) mass is 702 g/mol. The third kappa shape index (κ3) is 8.33. The summed E-state index contributed by atoms with van der Waals surface area (Å²) in [4.78, 5) is 28.5. The molecule has 3 heterocycles. The first-order chi connectivity index (χ1) is 22.2. The van der Waals surface area contributed by atoms with Crippen LogP contribution in [0.3, 0.4) is 0 Å². The fourth-order valence-corrected chi connectivity index (χ4v) is 7.49. The van der Waals surface area contributed by atoms with E-state index in [4.69, 9.17) is 27.9 Å². The number of aromatic nitrogens is 3. The molecule has 5 rings (SSSR count). The molecule has 1 amide bonds. The number of rotatable bonds is 10. The Morgan fingerprint density at radius 1 is 0.957 bits per heavy atom. The molecular weight excluding hydrogens is 667 g/mol. The van der Waals surface area contributed by atoms with Crippen LogP contribution < -0.4 is 9.21 Å². The van der Waals surface area contributed by atoms with Crippen molar-refractivity contribution < 1.29 is 27.9 Å². The Morgan fingerprint density at radius 3 is 2.28 bits per heavy atom. The number of piperidine rings is 1. The van der Waals surface area contributed by atoms with Crippen molar-refractivity contribution in [3.05, 3.63) is 70.8 Å². The molecule has 0 saturated carbocycles. The summed E-state index contributed by atoms with van der Waals surface area (Å²) in [6.45, 7) is 7.68. The number of amides is 1. The molecule has 0 aliphatic carbocycles. The van der Waals surface area contributed by atoms with Crippen LogP contribution in [0, 0.1) is 0 Å². The zero-order chi connectivity index (χ0) is 33.9. The van der Waals surface area contributed by atoms with Gasteiger partial charge >= 0.3 is 12.1 Å². The van der Waals surface area contributed by atoms with E-state index in [1.807, 2.05) is 20.8 Å². The van der Waals surface area contributed by atoms with Gasteiger partial charge in [0.2, 0.25) is 0 Å². The van der Waals surface area contributed by atoms with Crippen LogP contribution in [0.1, 0.15) is 40.0 Å². The normalized spacial score (nSPS) is 14.2. The zero-order valence-electron chi connectivity index (χ0n) is 26.3. The number of hydrogen-bond donors (Lipinski definition) is 1. The van der Waals surface area contributed by atoms with Gasteiger partial charge in [-0.25, -0.2) is 13.2 Å². The standard InChI is InChI=1S/C32H36Cl2N6O6S/c1-32(2,3)46-31(43)39(16-15-37-12-5-4-6-13-37)29-10-9-28(35-36-29)38-14-11-22-17-25(7-8-27(22)38)40(21-30(41)42)47(44,45)26-19-23(33)18-24(34)20-26/h7-11,14,17-20H,4-6,12-13,15-16,21H2,1-3H3,(H,41,42). The van der Waals surface area contributed by atoms with Gasteiger partial charge in [-0.1, -0.05) is 29.6 Å². The number of carbonyl (C=O) groups is 2. The number of carboxylic acids is 1. The van der Waals surface area contributed by atoms with Crippen LogP contribution in [0.5, 0.6) is 0 Å². The minimum absolute atomic E-state index is 0.0993. The maximum absolute atomic E-state index is 13.6. The van der Waals surface area contributed by atoms with E-state index in [-0.39, 0.29) is 20.6 Å². The summed E-state index contributed by atoms with van der Waals surface area (Å²) in [6.07, 6.45) is 4.73. The van der Waals surface area contributed by atoms with E-state index < -0.39 is 34.2 Å². The van der Waals surface area contributed by atoms with Gasteiger partial charge in [0.15, 0.2) is 11.6 Å². The quantitative estimate of drug-likeness (QED) is 0.204. The molecule has 15 heteroatoms. The average molecular weight is 704 g/mol. The highest BCUT2D eigenvalue weighted by Crippen LogP contribution is 2.31. The number of ether oxygens (including phenoxy) is 1. The topological polar surface area (TPSA) is 138 Å². The molecule has 250 valence electrons. The highest BCUT2D eigenvalue weighted by atomic mass is 35.5. The molecule has 0 atom stereocenters. The number of nitrogens with zero attached hydrogens (tertiary/aromatic N) is 6. The van der Waals surface area contributed by atoms with Crippen molar-refractivity contribution in [2.24, 2.45) is 0 Å². The molecule has 0 bridgehead atoms. The summed E-state index contributed by atoms with van der Waals surface area (Å²) in [5.74, 6) is -0.527. The highest BCUT2D eigenvalue weighted by Gasteiger charge is 2.29. The minimum Gasteiger partial charge on any atom is -0.480 e. The van der Waals surface area contributed by atoms with Crippen molar-refractivity contribution >= 4 is 67.7 Å². The van der Waals surface area contributed by atoms with E-state index in [0.717, 1.165) is 30.2 Å². The zero-order valence-corrected chi connectivity index (χ0v) is 28.6. The first kappa shape index (κ1) is 34.4. The van der Waals surface area contributed by atoms with Crippen LogP contribution in [0.2, 0.25) is 10.0 Å². The lowest BCUT2D eigenvalue weighted by Gasteiger charge is -2.30. The Kier molecular flexibility index (Phi) is 10.3. The van der Waals surface area contributed by atoms with Crippen molar-refractivity contribution in [1.82, 2.24) is 19.7 Å². The summed E-state index contributed by atoms with van der Waals surface area (Å²) in [6, 6.07) is 13.8. The minimum atomic E-state index is -4.34. The number of carbonyl (C=O) groups excluding carboxylic acids is 1. The van der Waals surface area contributed by atoms with Crippen molar-refractivity contribution in [2.75, 3.05) is 41.9 Å². The molecule has 4 aromatic rings. The molecule has 47 heavy (non-hydrogen) atoms. The van der Waals surface area contributed by atoms with E-state index in [2.05, 4.69) is 15.1 Å². The van der Waals surface area contributed by atoms with E-state index in [0.29, 0.717) is 35.6 Å². The van der Waals surface area contributed by atoms with Gasteiger partial charge in [-0.3, -0.25) is 18.6 Å². The molecular formula is C32H36Cl2N6O6S. The lowest BCUT2D eigenvalue weighted by atomic mass is 10.1. The molecule has 1 aliphatic heterocycles. The Bertz CT molecular complexity index is 1850. The summed E-state index contributed by atoms with van der Waals surface area (Å²) < 4.78 is 35.4.